The molecule has 29 heavy (non-hydrogen) atoms. The maximum atomic E-state index is 12.0. The van der Waals surface area contributed by atoms with Gasteiger partial charge in [0, 0.05) is 12.5 Å². The number of fused-ring (bicyclic) bond motifs is 6. The minimum absolute atomic E-state index is 0.147. The molecule has 4 aliphatic rings. The van der Waals surface area contributed by atoms with Gasteiger partial charge in [-0.3, -0.25) is 4.79 Å². The highest BCUT2D eigenvalue weighted by atomic mass is 16.1. The number of hydrogen-bond acceptors (Lipinski definition) is 2. The Morgan fingerprint density at radius 3 is 2.83 bits per heavy atom. The Bertz CT molecular complexity index is 1050. The molecule has 6 rings (SSSR count). The first-order valence-electron chi connectivity index (χ1n) is 11.3. The van der Waals surface area contributed by atoms with Crippen LogP contribution in [0.25, 0.3) is 11.0 Å². The highest BCUT2D eigenvalue weighted by Crippen LogP contribution is 2.66. The van der Waals surface area contributed by atoms with Crippen LogP contribution in [0.3, 0.4) is 0 Å². The van der Waals surface area contributed by atoms with Crippen LogP contribution < -0.4 is 0 Å². The van der Waals surface area contributed by atoms with Crippen LogP contribution in [0.4, 0.5) is 0 Å². The van der Waals surface area contributed by atoms with Crippen molar-refractivity contribution >= 4 is 16.8 Å². The summed E-state index contributed by atoms with van der Waals surface area (Å²) in [4.78, 5) is 16.7. The Morgan fingerprint density at radius 2 is 1.93 bits per heavy atom. The predicted molar refractivity (Wildman–Crippen MR) is 115 cm³/mol. The van der Waals surface area contributed by atoms with E-state index in [1.165, 1.54) is 31.2 Å². The second-order valence-electron chi connectivity index (χ2n) is 10.4. The zero-order valence-corrected chi connectivity index (χ0v) is 17.4. The number of para-hydroxylation sites is 2. The van der Waals surface area contributed by atoms with E-state index in [9.17, 15) is 4.79 Å². The third-order valence-electron chi connectivity index (χ3n) is 9.31. The molecule has 0 bridgehead atoms. The second-order valence-corrected chi connectivity index (χ2v) is 10.4. The minimum atomic E-state index is 0.147. The lowest BCUT2D eigenvalue weighted by Crippen LogP contribution is -2.50. The van der Waals surface area contributed by atoms with Crippen LogP contribution in [0.1, 0.15) is 52.0 Å². The van der Waals surface area contributed by atoms with E-state index < -0.39 is 0 Å². The zero-order chi connectivity index (χ0) is 19.8. The lowest BCUT2D eigenvalue weighted by Gasteiger charge is -2.56. The molecule has 1 heterocycles. The Kier molecular flexibility index (Phi) is 3.62. The lowest BCUT2D eigenvalue weighted by atomic mass is 9.48. The normalized spacial score (nSPS) is 43.2. The summed E-state index contributed by atoms with van der Waals surface area (Å²) < 4.78 is 2.48. The summed E-state index contributed by atoms with van der Waals surface area (Å²) in [5.41, 5.74) is 2.85. The molecular weight excluding hydrogens is 356 g/mol. The molecule has 7 atom stereocenters. The molecule has 0 N–H and O–H groups in total. The van der Waals surface area contributed by atoms with Gasteiger partial charge in [0.1, 0.15) is 0 Å². The van der Waals surface area contributed by atoms with Crippen LogP contribution in [0.2, 0.25) is 0 Å². The van der Waals surface area contributed by atoms with Gasteiger partial charge in [0.25, 0.3) is 0 Å². The highest BCUT2D eigenvalue weighted by molar-refractivity contribution is 5.91. The van der Waals surface area contributed by atoms with Crippen molar-refractivity contribution in [1.82, 2.24) is 9.55 Å². The van der Waals surface area contributed by atoms with Gasteiger partial charge in [-0.15, -0.1) is 0 Å². The molecule has 3 heteroatoms. The summed E-state index contributed by atoms with van der Waals surface area (Å²) in [5, 5.41) is 0. The third kappa shape index (κ3) is 2.30. The lowest BCUT2D eigenvalue weighted by molar-refractivity contribution is -0.117. The molecule has 0 radical (unpaired) electrons. The number of hydrogen-bond donors (Lipinski definition) is 0. The first-order valence-corrected chi connectivity index (χ1v) is 11.3. The van der Waals surface area contributed by atoms with E-state index in [0.717, 1.165) is 5.52 Å². The van der Waals surface area contributed by atoms with E-state index in [1.807, 2.05) is 6.08 Å². The smallest absolute Gasteiger partial charge is 0.156 e. The Morgan fingerprint density at radius 1 is 1.07 bits per heavy atom. The standard InChI is InChI=1S/C26H30N2O/c1-25-13-11-18(29)15-17(25)7-8-19-20-9-10-24(26(20,2)14-12-21(19)25)28-16-27-22-5-3-4-6-23(22)28/h3-8,11,13,16-17,19-21,24H,9-10,12,14-15H2,1-2H3/t17?,19-,20-,21+,24?,25-,26-/m0/s1. The van der Waals surface area contributed by atoms with Gasteiger partial charge in [-0.25, -0.2) is 4.98 Å². The van der Waals surface area contributed by atoms with Crippen molar-refractivity contribution in [2.75, 3.05) is 0 Å². The van der Waals surface area contributed by atoms with Gasteiger partial charge in [-0.05, 0) is 78.4 Å². The van der Waals surface area contributed by atoms with Crippen molar-refractivity contribution in [1.29, 1.82) is 0 Å². The summed E-state index contributed by atoms with van der Waals surface area (Å²) in [6.45, 7) is 4.96. The summed E-state index contributed by atoms with van der Waals surface area (Å²) in [7, 11) is 0. The van der Waals surface area contributed by atoms with Crippen molar-refractivity contribution in [3.63, 3.8) is 0 Å². The summed E-state index contributed by atoms with van der Waals surface area (Å²) in [6.07, 6.45) is 16.9. The van der Waals surface area contributed by atoms with E-state index in [2.05, 4.69) is 67.2 Å². The van der Waals surface area contributed by atoms with Crippen molar-refractivity contribution in [2.45, 2.75) is 52.0 Å². The number of allylic oxidation sites excluding steroid dienone is 4. The Labute approximate surface area is 172 Å². The molecule has 0 spiro atoms. The number of carbonyl (C=O) groups excluding carboxylic acids is 1. The average molecular weight is 387 g/mol. The molecular formula is C26H30N2O. The van der Waals surface area contributed by atoms with Crippen molar-refractivity contribution < 1.29 is 4.79 Å². The predicted octanol–water partition coefficient (Wildman–Crippen LogP) is 5.74. The molecule has 1 aromatic heterocycles. The van der Waals surface area contributed by atoms with Crippen molar-refractivity contribution in [2.24, 2.45) is 34.5 Å². The summed E-state index contributed by atoms with van der Waals surface area (Å²) in [6, 6.07) is 9.09. The molecule has 4 aliphatic carbocycles. The summed E-state index contributed by atoms with van der Waals surface area (Å²) in [5.74, 6) is 2.70. The van der Waals surface area contributed by atoms with Crippen LogP contribution in [0.15, 0.2) is 54.9 Å². The number of aromatic nitrogens is 2. The van der Waals surface area contributed by atoms with Gasteiger partial charge >= 0.3 is 0 Å². The topological polar surface area (TPSA) is 34.9 Å². The molecule has 2 saturated carbocycles. The van der Waals surface area contributed by atoms with Gasteiger partial charge in [0.05, 0.1) is 17.4 Å². The number of imidazole rings is 1. The van der Waals surface area contributed by atoms with E-state index in [1.54, 1.807) is 0 Å². The number of carbonyl (C=O) groups is 1. The van der Waals surface area contributed by atoms with E-state index in [0.29, 0.717) is 47.3 Å². The molecule has 3 nitrogen and oxygen atoms in total. The van der Waals surface area contributed by atoms with Crippen LogP contribution >= 0.6 is 0 Å². The molecule has 2 unspecified atom stereocenters. The number of benzene rings is 1. The van der Waals surface area contributed by atoms with Crippen LogP contribution in [0, 0.1) is 34.5 Å². The van der Waals surface area contributed by atoms with Gasteiger partial charge in [-0.1, -0.05) is 44.2 Å². The minimum Gasteiger partial charge on any atom is -0.327 e. The SMILES string of the molecule is C[C@]12C=CC(=O)CC1C=C[C@@H]1[C@H]2CC[C@]2(C)C(n3cnc4ccccc43)CC[C@@H]12. The first kappa shape index (κ1) is 17.7. The van der Waals surface area contributed by atoms with E-state index in [4.69, 9.17) is 4.98 Å². The fraction of sp³-hybridized carbons (Fsp3) is 0.538. The van der Waals surface area contributed by atoms with E-state index in [-0.39, 0.29) is 5.41 Å². The number of ketones is 1. The molecule has 150 valence electrons. The molecule has 2 fully saturated rings. The fourth-order valence-electron chi connectivity index (χ4n) is 7.68. The molecule has 1 aromatic carbocycles. The Balaban J connectivity index is 1.38. The number of rotatable bonds is 1. The monoisotopic (exact) mass is 386 g/mol. The van der Waals surface area contributed by atoms with Gasteiger partial charge in [-0.2, -0.15) is 0 Å². The highest BCUT2D eigenvalue weighted by Gasteiger charge is 2.58. The fourth-order valence-corrected chi connectivity index (χ4v) is 7.68. The largest absolute Gasteiger partial charge is 0.327 e. The molecule has 2 aromatic rings. The second kappa shape index (κ2) is 5.93. The Hall–Kier alpha value is -2.16. The van der Waals surface area contributed by atoms with Gasteiger partial charge in [0.15, 0.2) is 5.78 Å². The quantitative estimate of drug-likeness (QED) is 0.586. The zero-order valence-electron chi connectivity index (χ0n) is 17.4. The van der Waals surface area contributed by atoms with Gasteiger partial charge in [0.2, 0.25) is 0 Å². The molecule has 0 saturated heterocycles. The maximum Gasteiger partial charge on any atom is 0.156 e. The van der Waals surface area contributed by atoms with Crippen LogP contribution in [-0.4, -0.2) is 15.3 Å². The molecule has 0 amide bonds. The maximum absolute atomic E-state index is 12.0. The van der Waals surface area contributed by atoms with Crippen molar-refractivity contribution in [3.8, 4) is 0 Å². The van der Waals surface area contributed by atoms with Crippen LogP contribution in [-0.2, 0) is 4.79 Å². The summed E-state index contributed by atoms with van der Waals surface area (Å²) >= 11 is 0. The first-order chi connectivity index (χ1) is 14.0. The third-order valence-corrected chi connectivity index (χ3v) is 9.31. The number of nitrogens with zero attached hydrogens (tertiary/aromatic N) is 2. The molecule has 0 aliphatic heterocycles. The van der Waals surface area contributed by atoms with Crippen LogP contribution in [0.5, 0.6) is 0 Å². The average Bonchev–Trinajstić information content (AvgIpc) is 3.29. The van der Waals surface area contributed by atoms with E-state index >= 15 is 0 Å². The van der Waals surface area contributed by atoms with Crippen molar-refractivity contribution in [3.05, 3.63) is 54.9 Å². The van der Waals surface area contributed by atoms with Gasteiger partial charge < -0.3 is 4.57 Å².